The van der Waals surface area contributed by atoms with Gasteiger partial charge in [0.2, 0.25) is 11.8 Å². The Kier molecular flexibility index (Phi) is 7.30. The number of methoxy groups -OCH3 is 1. The lowest BCUT2D eigenvalue weighted by Gasteiger charge is -2.17. The number of nitrogens with one attached hydrogen (secondary N) is 1. The summed E-state index contributed by atoms with van der Waals surface area (Å²) in [5.41, 5.74) is 1.57. The molecule has 0 heterocycles. The second-order valence-electron chi connectivity index (χ2n) is 5.77. The highest BCUT2D eigenvalue weighted by atomic mass is 35.5. The van der Waals surface area contributed by atoms with E-state index >= 15 is 0 Å². The molecule has 1 N–H and O–H groups in total. The average molecular weight is 395 g/mol. The maximum Gasteiger partial charge on any atom is 0.243 e. The molecule has 0 aromatic heterocycles. The summed E-state index contributed by atoms with van der Waals surface area (Å²) in [7, 11) is 3.21. The van der Waals surface area contributed by atoms with Crippen molar-refractivity contribution in [2.75, 3.05) is 26.0 Å². The third kappa shape index (κ3) is 5.93. The monoisotopic (exact) mass is 394 g/mol. The van der Waals surface area contributed by atoms with E-state index < -0.39 is 0 Å². The van der Waals surface area contributed by atoms with Gasteiger partial charge < -0.3 is 15.0 Å². The summed E-state index contributed by atoms with van der Waals surface area (Å²) in [4.78, 5) is 25.7. The molecule has 0 spiro atoms. The molecule has 138 valence electrons. The molecule has 0 aliphatic heterocycles. The molecular formula is C19H20Cl2N2O3. The molecule has 0 fully saturated rings. The number of amides is 2. The van der Waals surface area contributed by atoms with E-state index in [1.165, 1.54) is 4.90 Å². The highest BCUT2D eigenvalue weighted by Gasteiger charge is 2.13. The van der Waals surface area contributed by atoms with Crippen LogP contribution in [0.5, 0.6) is 5.75 Å². The van der Waals surface area contributed by atoms with Crippen LogP contribution in [0.15, 0.2) is 42.5 Å². The maximum atomic E-state index is 12.2. The topological polar surface area (TPSA) is 58.6 Å². The molecule has 0 saturated heterocycles. The van der Waals surface area contributed by atoms with Crippen LogP contribution in [-0.2, 0) is 16.0 Å². The molecule has 0 radical (unpaired) electrons. The summed E-state index contributed by atoms with van der Waals surface area (Å²) in [5, 5.41) is 3.46. The van der Waals surface area contributed by atoms with Crippen LogP contribution < -0.4 is 10.1 Å². The Balaban J connectivity index is 1.81. The fourth-order valence-corrected chi connectivity index (χ4v) is 2.61. The van der Waals surface area contributed by atoms with Crippen LogP contribution in [-0.4, -0.2) is 37.4 Å². The van der Waals surface area contributed by atoms with Crippen molar-refractivity contribution in [2.45, 2.75) is 12.8 Å². The second kappa shape index (κ2) is 9.46. The minimum Gasteiger partial charge on any atom is -0.497 e. The van der Waals surface area contributed by atoms with Crippen LogP contribution in [0.2, 0.25) is 10.0 Å². The number of nitrogens with zero attached hydrogens (tertiary/aromatic N) is 1. The van der Waals surface area contributed by atoms with E-state index in [1.54, 1.807) is 32.4 Å². The molecule has 0 atom stereocenters. The standard InChI is InChI=1S/C19H20Cl2N2O3/c1-23(12-18(24)22-14-6-9-16(20)17(21)11-14)19(25)10-5-13-3-7-15(26-2)8-4-13/h3-4,6-9,11H,5,10,12H2,1-2H3,(H,22,24). The Hall–Kier alpha value is -2.24. The first-order chi connectivity index (χ1) is 12.4. The molecule has 0 aliphatic carbocycles. The van der Waals surface area contributed by atoms with E-state index in [0.717, 1.165) is 11.3 Å². The van der Waals surface area contributed by atoms with Crippen molar-refractivity contribution in [3.8, 4) is 5.75 Å². The normalized spacial score (nSPS) is 10.3. The Morgan fingerprint density at radius 1 is 1.08 bits per heavy atom. The van der Waals surface area contributed by atoms with E-state index in [9.17, 15) is 9.59 Å². The van der Waals surface area contributed by atoms with Gasteiger partial charge in [-0.25, -0.2) is 0 Å². The van der Waals surface area contributed by atoms with Crippen molar-refractivity contribution < 1.29 is 14.3 Å². The zero-order chi connectivity index (χ0) is 19.1. The number of hydrogen-bond donors (Lipinski definition) is 1. The van der Waals surface area contributed by atoms with Gasteiger partial charge in [0.1, 0.15) is 5.75 Å². The van der Waals surface area contributed by atoms with E-state index in [4.69, 9.17) is 27.9 Å². The van der Waals surface area contributed by atoms with E-state index in [2.05, 4.69) is 5.32 Å². The number of hydrogen-bond acceptors (Lipinski definition) is 3. The summed E-state index contributed by atoms with van der Waals surface area (Å²) < 4.78 is 5.10. The smallest absolute Gasteiger partial charge is 0.243 e. The predicted molar refractivity (Wildman–Crippen MR) is 104 cm³/mol. The third-order valence-corrected chi connectivity index (χ3v) is 4.54. The molecule has 0 saturated carbocycles. The average Bonchev–Trinajstić information content (AvgIpc) is 2.63. The summed E-state index contributed by atoms with van der Waals surface area (Å²) in [6.45, 7) is -0.0400. The first-order valence-corrected chi connectivity index (χ1v) is 8.76. The van der Waals surface area contributed by atoms with Crippen molar-refractivity contribution in [2.24, 2.45) is 0 Å². The number of carbonyl (C=O) groups is 2. The Bertz CT molecular complexity index is 779. The van der Waals surface area contributed by atoms with Gasteiger partial charge >= 0.3 is 0 Å². The molecule has 2 rings (SSSR count). The lowest BCUT2D eigenvalue weighted by molar-refractivity contribution is -0.133. The molecule has 2 aromatic carbocycles. The first-order valence-electron chi connectivity index (χ1n) is 8.01. The van der Waals surface area contributed by atoms with Gasteiger partial charge in [0, 0.05) is 19.2 Å². The number of likely N-dealkylation sites (N-methyl/N-ethyl adjacent to an activating group) is 1. The van der Waals surface area contributed by atoms with Crippen LogP contribution in [0.25, 0.3) is 0 Å². The number of rotatable bonds is 7. The van der Waals surface area contributed by atoms with Gasteiger partial charge in [-0.2, -0.15) is 0 Å². The first kappa shape index (κ1) is 20.1. The number of halogens is 2. The third-order valence-electron chi connectivity index (χ3n) is 3.80. The lowest BCUT2D eigenvalue weighted by atomic mass is 10.1. The number of ether oxygens (including phenoxy) is 1. The highest BCUT2D eigenvalue weighted by Crippen LogP contribution is 2.24. The van der Waals surface area contributed by atoms with Crippen LogP contribution in [0.4, 0.5) is 5.69 Å². The van der Waals surface area contributed by atoms with Gasteiger partial charge in [-0.1, -0.05) is 35.3 Å². The Labute approximate surface area is 162 Å². The summed E-state index contributed by atoms with van der Waals surface area (Å²) in [6, 6.07) is 12.4. The molecular weight excluding hydrogens is 375 g/mol. The van der Waals surface area contributed by atoms with Crippen LogP contribution >= 0.6 is 23.2 Å². The van der Waals surface area contributed by atoms with Crippen LogP contribution in [0, 0.1) is 0 Å². The summed E-state index contributed by atoms with van der Waals surface area (Å²) >= 11 is 11.8. The van der Waals surface area contributed by atoms with E-state index in [1.807, 2.05) is 24.3 Å². The van der Waals surface area contributed by atoms with Crippen molar-refractivity contribution in [1.29, 1.82) is 0 Å². The Morgan fingerprint density at radius 2 is 1.77 bits per heavy atom. The van der Waals surface area contributed by atoms with Gasteiger partial charge in [-0.3, -0.25) is 9.59 Å². The molecule has 26 heavy (non-hydrogen) atoms. The van der Waals surface area contributed by atoms with Crippen molar-refractivity contribution in [3.05, 3.63) is 58.1 Å². The number of benzene rings is 2. The minimum absolute atomic E-state index is 0.0400. The Morgan fingerprint density at radius 3 is 2.38 bits per heavy atom. The largest absolute Gasteiger partial charge is 0.497 e. The summed E-state index contributed by atoms with van der Waals surface area (Å²) in [5.74, 6) is 0.366. The minimum atomic E-state index is -0.302. The maximum absolute atomic E-state index is 12.2. The predicted octanol–water partition coefficient (Wildman–Crippen LogP) is 4.03. The molecule has 7 heteroatoms. The van der Waals surface area contributed by atoms with Gasteiger partial charge in [-0.15, -0.1) is 0 Å². The molecule has 2 amide bonds. The second-order valence-corrected chi connectivity index (χ2v) is 6.59. The molecule has 5 nitrogen and oxygen atoms in total. The lowest BCUT2D eigenvalue weighted by Crippen LogP contribution is -2.35. The van der Waals surface area contributed by atoms with Gasteiger partial charge in [0.05, 0.1) is 23.7 Å². The molecule has 0 aliphatic rings. The van der Waals surface area contributed by atoms with Gasteiger partial charge in [-0.05, 0) is 42.3 Å². The van der Waals surface area contributed by atoms with Crippen molar-refractivity contribution >= 4 is 40.7 Å². The van der Waals surface area contributed by atoms with Crippen molar-refractivity contribution in [3.63, 3.8) is 0 Å². The van der Waals surface area contributed by atoms with Gasteiger partial charge in [0.25, 0.3) is 0 Å². The highest BCUT2D eigenvalue weighted by molar-refractivity contribution is 6.42. The quantitative estimate of drug-likeness (QED) is 0.770. The fourth-order valence-electron chi connectivity index (χ4n) is 2.31. The fraction of sp³-hybridized carbons (Fsp3) is 0.263. The molecule has 0 unspecified atom stereocenters. The number of anilines is 1. The van der Waals surface area contributed by atoms with Crippen LogP contribution in [0.1, 0.15) is 12.0 Å². The molecule has 2 aromatic rings. The molecule has 0 bridgehead atoms. The zero-order valence-electron chi connectivity index (χ0n) is 14.6. The van der Waals surface area contributed by atoms with E-state index in [-0.39, 0.29) is 18.4 Å². The van der Waals surface area contributed by atoms with Crippen molar-refractivity contribution in [1.82, 2.24) is 4.90 Å². The summed E-state index contributed by atoms with van der Waals surface area (Å²) in [6.07, 6.45) is 0.921. The zero-order valence-corrected chi connectivity index (χ0v) is 16.1. The van der Waals surface area contributed by atoms with Gasteiger partial charge in [0.15, 0.2) is 0 Å². The van der Waals surface area contributed by atoms with Crippen LogP contribution in [0.3, 0.4) is 0 Å². The SMILES string of the molecule is COc1ccc(CCC(=O)N(C)CC(=O)Nc2ccc(Cl)c(Cl)c2)cc1. The van der Waals surface area contributed by atoms with E-state index in [0.29, 0.717) is 28.6 Å². The number of carbonyl (C=O) groups excluding carboxylic acids is 2. The number of aryl methyl sites for hydroxylation is 1.